The van der Waals surface area contributed by atoms with Gasteiger partial charge < -0.3 is 9.73 Å². The van der Waals surface area contributed by atoms with Crippen molar-refractivity contribution < 1.29 is 14.0 Å². The number of ketones is 1. The van der Waals surface area contributed by atoms with E-state index in [4.69, 9.17) is 4.42 Å². The molecule has 6 nitrogen and oxygen atoms in total. The maximum Gasteiger partial charge on any atom is 0.230 e. The van der Waals surface area contributed by atoms with Crippen molar-refractivity contribution in [1.82, 2.24) is 15.3 Å². The van der Waals surface area contributed by atoms with Gasteiger partial charge in [-0.3, -0.25) is 9.59 Å². The molecule has 0 aliphatic heterocycles. The van der Waals surface area contributed by atoms with Gasteiger partial charge in [0.25, 0.3) is 0 Å². The molecule has 120 valence electrons. The van der Waals surface area contributed by atoms with Gasteiger partial charge >= 0.3 is 0 Å². The number of carbonyl (C=O) groups excluding carboxylic acids is 2. The minimum Gasteiger partial charge on any atom is -0.461 e. The molecule has 1 fully saturated rings. The van der Waals surface area contributed by atoms with E-state index >= 15 is 0 Å². The number of aromatic nitrogens is 2. The van der Waals surface area contributed by atoms with E-state index < -0.39 is 0 Å². The lowest BCUT2D eigenvalue weighted by Crippen LogP contribution is -2.27. The summed E-state index contributed by atoms with van der Waals surface area (Å²) >= 11 is 1.25. The Hall–Kier alpha value is -2.15. The number of nitrogens with one attached hydrogen (secondary N) is 1. The van der Waals surface area contributed by atoms with Gasteiger partial charge in [0.1, 0.15) is 5.03 Å². The third-order valence-electron chi connectivity index (χ3n) is 3.43. The zero-order valence-corrected chi connectivity index (χ0v) is 13.8. The standard InChI is InChI=1S/C16H17N3O3S/c1-9-14(10(2)20)16(23-8-13(21)18-11-5-6-11)19-15(17-9)12-4-3-7-22-12/h3-4,7,11H,5-6,8H2,1-2H3,(H,18,21). The third kappa shape index (κ3) is 3.79. The number of rotatable bonds is 6. The average molecular weight is 331 g/mol. The maximum atomic E-state index is 11.9. The number of thioether (sulfide) groups is 1. The summed E-state index contributed by atoms with van der Waals surface area (Å²) in [6.07, 6.45) is 3.64. The predicted molar refractivity (Wildman–Crippen MR) is 86.4 cm³/mol. The second-order valence-electron chi connectivity index (χ2n) is 5.48. The molecule has 23 heavy (non-hydrogen) atoms. The number of furan rings is 1. The normalized spacial score (nSPS) is 13.8. The second-order valence-corrected chi connectivity index (χ2v) is 6.44. The van der Waals surface area contributed by atoms with E-state index in [1.807, 2.05) is 0 Å². The molecular formula is C16H17N3O3S. The first-order chi connectivity index (χ1) is 11.0. The van der Waals surface area contributed by atoms with Crippen LogP contribution in [0.15, 0.2) is 27.8 Å². The Balaban J connectivity index is 1.85. The number of hydrogen-bond donors (Lipinski definition) is 1. The van der Waals surface area contributed by atoms with Crippen molar-refractivity contribution in [1.29, 1.82) is 0 Å². The fourth-order valence-corrected chi connectivity index (χ4v) is 3.14. The quantitative estimate of drug-likeness (QED) is 0.497. The molecule has 0 atom stereocenters. The summed E-state index contributed by atoms with van der Waals surface area (Å²) in [7, 11) is 0. The molecular weight excluding hydrogens is 314 g/mol. The molecule has 0 aromatic carbocycles. The van der Waals surface area contributed by atoms with Crippen LogP contribution in [0.3, 0.4) is 0 Å². The zero-order valence-electron chi connectivity index (χ0n) is 13.0. The molecule has 1 aliphatic carbocycles. The van der Waals surface area contributed by atoms with Crippen LogP contribution in [-0.4, -0.2) is 33.5 Å². The molecule has 1 N–H and O–H groups in total. The van der Waals surface area contributed by atoms with Crippen LogP contribution in [-0.2, 0) is 4.79 Å². The number of hydrogen-bond acceptors (Lipinski definition) is 6. The van der Waals surface area contributed by atoms with Crippen molar-refractivity contribution in [3.05, 3.63) is 29.7 Å². The molecule has 2 heterocycles. The summed E-state index contributed by atoms with van der Waals surface area (Å²) in [6.45, 7) is 3.24. The minimum atomic E-state index is -0.112. The predicted octanol–water partition coefficient (Wildman–Crippen LogP) is 2.62. The fourth-order valence-electron chi connectivity index (χ4n) is 2.20. The maximum absolute atomic E-state index is 11.9. The number of Topliss-reactive ketones (excluding diaryl/α,β-unsaturated/α-hetero) is 1. The van der Waals surface area contributed by atoms with E-state index in [9.17, 15) is 9.59 Å². The van der Waals surface area contributed by atoms with Gasteiger partial charge in [-0.25, -0.2) is 9.97 Å². The van der Waals surface area contributed by atoms with Gasteiger partial charge in [-0.1, -0.05) is 11.8 Å². The summed E-state index contributed by atoms with van der Waals surface area (Å²) in [6, 6.07) is 3.83. The van der Waals surface area contributed by atoms with Crippen LogP contribution in [0.5, 0.6) is 0 Å². The van der Waals surface area contributed by atoms with Crippen molar-refractivity contribution in [3.63, 3.8) is 0 Å². The van der Waals surface area contributed by atoms with Crippen LogP contribution in [0, 0.1) is 6.92 Å². The molecule has 0 unspecified atom stereocenters. The highest BCUT2D eigenvalue weighted by Crippen LogP contribution is 2.27. The highest BCUT2D eigenvalue weighted by atomic mass is 32.2. The smallest absolute Gasteiger partial charge is 0.230 e. The number of carbonyl (C=O) groups is 2. The Morgan fingerprint density at radius 2 is 2.17 bits per heavy atom. The van der Waals surface area contributed by atoms with Gasteiger partial charge in [-0.2, -0.15) is 0 Å². The van der Waals surface area contributed by atoms with E-state index in [-0.39, 0.29) is 17.4 Å². The molecule has 7 heteroatoms. The number of amides is 1. The summed E-state index contributed by atoms with van der Waals surface area (Å²) in [5.74, 6) is 1.03. The topological polar surface area (TPSA) is 85.1 Å². The molecule has 1 aliphatic rings. The molecule has 0 bridgehead atoms. The Labute approximate surface area is 138 Å². The first kappa shape index (κ1) is 15.7. The average Bonchev–Trinajstić information content (AvgIpc) is 3.14. The second kappa shape index (κ2) is 6.54. The van der Waals surface area contributed by atoms with E-state index in [1.54, 1.807) is 25.3 Å². The Morgan fingerprint density at radius 3 is 2.78 bits per heavy atom. The van der Waals surface area contributed by atoms with Crippen LogP contribution in [0.1, 0.15) is 35.8 Å². The highest BCUT2D eigenvalue weighted by molar-refractivity contribution is 8.00. The SMILES string of the molecule is CC(=O)c1c(C)nc(-c2ccco2)nc1SCC(=O)NC1CC1. The monoisotopic (exact) mass is 331 g/mol. The van der Waals surface area contributed by atoms with Crippen LogP contribution in [0.2, 0.25) is 0 Å². The molecule has 1 amide bonds. The van der Waals surface area contributed by atoms with Crippen molar-refractivity contribution in [2.75, 3.05) is 5.75 Å². The van der Waals surface area contributed by atoms with Gasteiger partial charge in [0.2, 0.25) is 5.91 Å². The van der Waals surface area contributed by atoms with E-state index in [0.29, 0.717) is 33.9 Å². The van der Waals surface area contributed by atoms with Gasteiger partial charge in [0, 0.05) is 6.04 Å². The molecule has 1 saturated carbocycles. The first-order valence-corrected chi connectivity index (χ1v) is 8.38. The molecule has 0 saturated heterocycles. The van der Waals surface area contributed by atoms with Crippen molar-refractivity contribution in [3.8, 4) is 11.6 Å². The van der Waals surface area contributed by atoms with E-state index in [2.05, 4.69) is 15.3 Å². The van der Waals surface area contributed by atoms with Gasteiger partial charge in [-0.15, -0.1) is 0 Å². The van der Waals surface area contributed by atoms with Crippen molar-refractivity contribution >= 4 is 23.5 Å². The molecule has 2 aromatic rings. The summed E-state index contributed by atoms with van der Waals surface area (Å²) < 4.78 is 5.32. The summed E-state index contributed by atoms with van der Waals surface area (Å²) in [5.41, 5.74) is 1.05. The Kier molecular flexibility index (Phi) is 4.47. The van der Waals surface area contributed by atoms with Crippen LogP contribution >= 0.6 is 11.8 Å². The van der Waals surface area contributed by atoms with Crippen molar-refractivity contribution in [2.45, 2.75) is 37.8 Å². The minimum absolute atomic E-state index is 0.0391. The Morgan fingerprint density at radius 1 is 1.39 bits per heavy atom. The zero-order chi connectivity index (χ0) is 16.4. The van der Waals surface area contributed by atoms with Crippen LogP contribution in [0.25, 0.3) is 11.6 Å². The van der Waals surface area contributed by atoms with Crippen LogP contribution in [0.4, 0.5) is 0 Å². The van der Waals surface area contributed by atoms with Gasteiger partial charge in [0.05, 0.1) is 23.3 Å². The number of aryl methyl sites for hydroxylation is 1. The summed E-state index contributed by atoms with van der Waals surface area (Å²) in [4.78, 5) is 32.5. The lowest BCUT2D eigenvalue weighted by atomic mass is 10.2. The van der Waals surface area contributed by atoms with Gasteiger partial charge in [0.15, 0.2) is 17.4 Å². The third-order valence-corrected chi connectivity index (χ3v) is 4.41. The lowest BCUT2D eigenvalue weighted by Gasteiger charge is -2.10. The van der Waals surface area contributed by atoms with E-state index in [1.165, 1.54) is 18.7 Å². The number of nitrogens with zero attached hydrogens (tertiary/aromatic N) is 2. The lowest BCUT2D eigenvalue weighted by molar-refractivity contribution is -0.118. The van der Waals surface area contributed by atoms with Crippen molar-refractivity contribution in [2.24, 2.45) is 0 Å². The fraction of sp³-hybridized carbons (Fsp3) is 0.375. The Bertz CT molecular complexity index is 739. The molecule has 0 spiro atoms. The highest BCUT2D eigenvalue weighted by Gasteiger charge is 2.24. The molecule has 2 aromatic heterocycles. The van der Waals surface area contributed by atoms with E-state index in [0.717, 1.165) is 12.8 Å². The first-order valence-electron chi connectivity index (χ1n) is 7.40. The summed E-state index contributed by atoms with van der Waals surface area (Å²) in [5, 5.41) is 3.44. The largest absolute Gasteiger partial charge is 0.461 e. The van der Waals surface area contributed by atoms with Gasteiger partial charge in [-0.05, 0) is 38.8 Å². The molecule has 3 rings (SSSR count). The molecule has 0 radical (unpaired) electrons. The van der Waals surface area contributed by atoms with Crippen LogP contribution < -0.4 is 5.32 Å².